The molecule has 0 saturated carbocycles. The molecule has 0 aliphatic carbocycles. The first kappa shape index (κ1) is 14.0. The van der Waals surface area contributed by atoms with Crippen LogP contribution in [0.2, 0.25) is 0 Å². The number of thioether (sulfide) groups is 1. The number of rotatable bonds is 4. The Bertz CT molecular complexity index is 630. The second-order valence-electron chi connectivity index (χ2n) is 4.79. The predicted molar refractivity (Wildman–Crippen MR) is 87.2 cm³/mol. The first-order chi connectivity index (χ1) is 9.76. The average Bonchev–Trinajstić information content (AvgIpc) is 2.93. The third-order valence-corrected chi connectivity index (χ3v) is 4.85. The summed E-state index contributed by atoms with van der Waals surface area (Å²) in [6.07, 6.45) is 1.01. The standard InChI is InChI=1S/C16H16BrNOS/c17-14-7-12-4-5-19-16(12)13(8-14)10-20-15-3-1-2-11(6-15)9-18/h1-3,6-8H,4-5,9-10,18H2. The van der Waals surface area contributed by atoms with Crippen molar-refractivity contribution in [1.29, 1.82) is 0 Å². The average molecular weight is 350 g/mol. The largest absolute Gasteiger partial charge is 0.493 e. The van der Waals surface area contributed by atoms with Gasteiger partial charge in [-0.2, -0.15) is 0 Å². The lowest BCUT2D eigenvalue weighted by Crippen LogP contribution is -1.95. The molecule has 0 bridgehead atoms. The smallest absolute Gasteiger partial charge is 0.126 e. The summed E-state index contributed by atoms with van der Waals surface area (Å²) >= 11 is 5.40. The Kier molecular flexibility index (Phi) is 4.34. The highest BCUT2D eigenvalue weighted by molar-refractivity contribution is 9.10. The minimum Gasteiger partial charge on any atom is -0.493 e. The maximum Gasteiger partial charge on any atom is 0.126 e. The lowest BCUT2D eigenvalue weighted by molar-refractivity contribution is 0.354. The van der Waals surface area contributed by atoms with E-state index in [0.717, 1.165) is 29.0 Å². The zero-order valence-electron chi connectivity index (χ0n) is 11.1. The first-order valence-electron chi connectivity index (χ1n) is 6.62. The quantitative estimate of drug-likeness (QED) is 0.842. The third-order valence-electron chi connectivity index (χ3n) is 3.35. The lowest BCUT2D eigenvalue weighted by Gasteiger charge is -2.09. The van der Waals surface area contributed by atoms with Crippen LogP contribution in [0.3, 0.4) is 0 Å². The highest BCUT2D eigenvalue weighted by Crippen LogP contribution is 2.36. The summed E-state index contributed by atoms with van der Waals surface area (Å²) in [5.41, 5.74) is 9.43. The van der Waals surface area contributed by atoms with Crippen LogP contribution in [0.4, 0.5) is 0 Å². The fourth-order valence-electron chi connectivity index (χ4n) is 2.38. The summed E-state index contributed by atoms with van der Waals surface area (Å²) < 4.78 is 6.90. The molecular formula is C16H16BrNOS. The van der Waals surface area contributed by atoms with E-state index in [1.54, 1.807) is 0 Å². The third kappa shape index (κ3) is 3.03. The van der Waals surface area contributed by atoms with Crippen LogP contribution in [-0.4, -0.2) is 6.61 Å². The molecule has 4 heteroatoms. The molecule has 2 aromatic rings. The van der Waals surface area contributed by atoms with E-state index >= 15 is 0 Å². The summed E-state index contributed by atoms with van der Waals surface area (Å²) in [7, 11) is 0. The molecule has 0 saturated heterocycles. The molecule has 1 aliphatic heterocycles. The van der Waals surface area contributed by atoms with Crippen molar-refractivity contribution in [2.75, 3.05) is 6.61 Å². The molecule has 0 unspecified atom stereocenters. The van der Waals surface area contributed by atoms with Gasteiger partial charge in [0.25, 0.3) is 0 Å². The normalized spacial score (nSPS) is 13.1. The van der Waals surface area contributed by atoms with E-state index in [2.05, 4.69) is 52.3 Å². The van der Waals surface area contributed by atoms with Crippen molar-refractivity contribution < 1.29 is 4.74 Å². The van der Waals surface area contributed by atoms with Crippen LogP contribution >= 0.6 is 27.7 Å². The van der Waals surface area contributed by atoms with Gasteiger partial charge in [-0.3, -0.25) is 0 Å². The van der Waals surface area contributed by atoms with E-state index in [1.165, 1.54) is 21.6 Å². The van der Waals surface area contributed by atoms with Crippen molar-refractivity contribution in [3.8, 4) is 5.75 Å². The Hall–Kier alpha value is -0.970. The topological polar surface area (TPSA) is 35.2 Å². The summed E-state index contributed by atoms with van der Waals surface area (Å²) in [4.78, 5) is 1.25. The SMILES string of the molecule is NCc1cccc(SCc2cc(Br)cc3c2OCC3)c1. The Morgan fingerprint density at radius 2 is 2.15 bits per heavy atom. The van der Waals surface area contributed by atoms with Gasteiger partial charge in [0.15, 0.2) is 0 Å². The number of nitrogens with two attached hydrogens (primary N) is 1. The maximum atomic E-state index is 5.76. The minimum atomic E-state index is 0.587. The van der Waals surface area contributed by atoms with Gasteiger partial charge < -0.3 is 10.5 Å². The van der Waals surface area contributed by atoms with Crippen molar-refractivity contribution in [2.24, 2.45) is 5.73 Å². The Morgan fingerprint density at radius 3 is 3.00 bits per heavy atom. The lowest BCUT2D eigenvalue weighted by atomic mass is 10.1. The Labute approximate surface area is 131 Å². The minimum absolute atomic E-state index is 0.587. The molecule has 20 heavy (non-hydrogen) atoms. The van der Waals surface area contributed by atoms with Gasteiger partial charge in [-0.05, 0) is 35.4 Å². The zero-order chi connectivity index (χ0) is 13.9. The van der Waals surface area contributed by atoms with Gasteiger partial charge in [-0.25, -0.2) is 0 Å². The number of hydrogen-bond donors (Lipinski definition) is 1. The molecule has 104 valence electrons. The van der Waals surface area contributed by atoms with E-state index in [9.17, 15) is 0 Å². The zero-order valence-corrected chi connectivity index (χ0v) is 13.5. The highest BCUT2D eigenvalue weighted by atomic mass is 79.9. The summed E-state index contributed by atoms with van der Waals surface area (Å²) in [6.45, 7) is 1.38. The van der Waals surface area contributed by atoms with Crippen LogP contribution in [0, 0.1) is 0 Å². The van der Waals surface area contributed by atoms with Gasteiger partial charge in [-0.15, -0.1) is 11.8 Å². The fraction of sp³-hybridized carbons (Fsp3) is 0.250. The van der Waals surface area contributed by atoms with E-state index in [-0.39, 0.29) is 0 Å². The number of benzene rings is 2. The van der Waals surface area contributed by atoms with E-state index < -0.39 is 0 Å². The van der Waals surface area contributed by atoms with Crippen molar-refractivity contribution in [3.63, 3.8) is 0 Å². The van der Waals surface area contributed by atoms with Crippen LogP contribution in [0.15, 0.2) is 45.8 Å². The fourth-order valence-corrected chi connectivity index (χ4v) is 3.88. The van der Waals surface area contributed by atoms with Crippen LogP contribution < -0.4 is 10.5 Å². The van der Waals surface area contributed by atoms with Crippen molar-refractivity contribution in [1.82, 2.24) is 0 Å². The monoisotopic (exact) mass is 349 g/mol. The number of hydrogen-bond acceptors (Lipinski definition) is 3. The summed E-state index contributed by atoms with van der Waals surface area (Å²) in [6, 6.07) is 12.7. The van der Waals surface area contributed by atoms with Crippen molar-refractivity contribution in [3.05, 3.63) is 57.6 Å². The molecule has 0 radical (unpaired) electrons. The summed E-state index contributed by atoms with van der Waals surface area (Å²) in [5.74, 6) is 1.99. The van der Waals surface area contributed by atoms with Crippen molar-refractivity contribution in [2.45, 2.75) is 23.6 Å². The van der Waals surface area contributed by atoms with Crippen LogP contribution in [0.25, 0.3) is 0 Å². The van der Waals surface area contributed by atoms with E-state index in [1.807, 2.05) is 11.8 Å². The van der Waals surface area contributed by atoms with Gasteiger partial charge >= 0.3 is 0 Å². The molecule has 2 nitrogen and oxygen atoms in total. The first-order valence-corrected chi connectivity index (χ1v) is 8.40. The molecule has 1 heterocycles. The number of halogens is 1. The molecule has 0 fully saturated rings. The van der Waals surface area contributed by atoms with Gasteiger partial charge in [0.1, 0.15) is 5.75 Å². The maximum absolute atomic E-state index is 5.76. The Morgan fingerprint density at radius 1 is 1.25 bits per heavy atom. The van der Waals surface area contributed by atoms with Gasteiger partial charge in [0.05, 0.1) is 6.61 Å². The van der Waals surface area contributed by atoms with Gasteiger partial charge in [0, 0.05) is 33.7 Å². The molecule has 1 aliphatic rings. The van der Waals surface area contributed by atoms with E-state index in [4.69, 9.17) is 10.5 Å². The highest BCUT2D eigenvalue weighted by Gasteiger charge is 2.17. The van der Waals surface area contributed by atoms with Gasteiger partial charge in [0.2, 0.25) is 0 Å². The second kappa shape index (κ2) is 6.20. The Balaban J connectivity index is 1.78. The van der Waals surface area contributed by atoms with Crippen LogP contribution in [0.5, 0.6) is 5.75 Å². The van der Waals surface area contributed by atoms with E-state index in [0.29, 0.717) is 6.54 Å². The molecule has 0 amide bonds. The molecule has 2 N–H and O–H groups in total. The van der Waals surface area contributed by atoms with Crippen LogP contribution in [-0.2, 0) is 18.7 Å². The second-order valence-corrected chi connectivity index (χ2v) is 6.76. The van der Waals surface area contributed by atoms with Gasteiger partial charge in [-0.1, -0.05) is 28.1 Å². The number of ether oxygens (including phenoxy) is 1. The van der Waals surface area contributed by atoms with Crippen molar-refractivity contribution >= 4 is 27.7 Å². The number of fused-ring (bicyclic) bond motifs is 1. The predicted octanol–water partition coefficient (Wildman–Crippen LogP) is 4.14. The molecule has 2 aromatic carbocycles. The molecule has 0 atom stereocenters. The molecule has 3 rings (SSSR count). The molecular weight excluding hydrogens is 334 g/mol. The molecule has 0 spiro atoms. The molecule has 0 aromatic heterocycles. The summed E-state index contributed by atoms with van der Waals surface area (Å²) in [5, 5.41) is 0. The van der Waals surface area contributed by atoms with Crippen LogP contribution in [0.1, 0.15) is 16.7 Å².